The summed E-state index contributed by atoms with van der Waals surface area (Å²) in [6.45, 7) is 4.31. The number of amides is 1. The number of rotatable bonds is 10. The van der Waals surface area contributed by atoms with Crippen molar-refractivity contribution in [3.05, 3.63) is 78.9 Å². The fraction of sp³-hybridized carbons (Fsp3) is 0.208. The minimum absolute atomic E-state index is 0.0657. The molecule has 0 bridgehead atoms. The van der Waals surface area contributed by atoms with Crippen LogP contribution in [0.2, 0.25) is 0 Å². The van der Waals surface area contributed by atoms with Gasteiger partial charge in [-0.2, -0.15) is 0 Å². The molecule has 0 saturated carbocycles. The molecule has 1 amide bonds. The van der Waals surface area contributed by atoms with Crippen molar-refractivity contribution in [1.82, 2.24) is 0 Å². The van der Waals surface area contributed by atoms with Crippen molar-refractivity contribution in [2.75, 3.05) is 29.4 Å². The standard InChI is InChI=1S/C24H26N2O5S/c1-3-30-21-13-15-23(16-14-21)32(28,29)26(20-10-6-5-7-11-20)18-24(27)25-19-9-8-12-22(17-19)31-4-2/h5-17H,3-4,18H2,1-2H3,(H,25,27). The van der Waals surface area contributed by atoms with Crippen LogP contribution in [0.1, 0.15) is 13.8 Å². The molecule has 0 saturated heterocycles. The van der Waals surface area contributed by atoms with Gasteiger partial charge in [0.25, 0.3) is 10.0 Å². The van der Waals surface area contributed by atoms with Crippen molar-refractivity contribution >= 4 is 27.3 Å². The fourth-order valence-corrected chi connectivity index (χ4v) is 4.49. The molecule has 32 heavy (non-hydrogen) atoms. The number of ether oxygens (including phenoxy) is 2. The van der Waals surface area contributed by atoms with Crippen molar-refractivity contribution in [2.24, 2.45) is 0 Å². The molecule has 0 heterocycles. The first-order valence-corrected chi connectivity index (χ1v) is 11.7. The summed E-state index contributed by atoms with van der Waals surface area (Å²) in [6.07, 6.45) is 0. The van der Waals surface area contributed by atoms with Gasteiger partial charge in [0.2, 0.25) is 5.91 Å². The molecule has 0 aliphatic rings. The van der Waals surface area contributed by atoms with E-state index in [9.17, 15) is 13.2 Å². The van der Waals surface area contributed by atoms with Crippen LogP contribution in [0.5, 0.6) is 11.5 Å². The predicted octanol–water partition coefficient (Wildman–Crippen LogP) is 4.32. The average molecular weight is 455 g/mol. The lowest BCUT2D eigenvalue weighted by Crippen LogP contribution is -2.38. The minimum Gasteiger partial charge on any atom is -0.494 e. The molecule has 0 aliphatic heterocycles. The Balaban J connectivity index is 1.86. The van der Waals surface area contributed by atoms with Crippen molar-refractivity contribution < 1.29 is 22.7 Å². The molecule has 8 heteroatoms. The average Bonchev–Trinajstić information content (AvgIpc) is 2.79. The van der Waals surface area contributed by atoms with Crippen LogP contribution < -0.4 is 19.1 Å². The number of carbonyl (C=O) groups excluding carboxylic acids is 1. The van der Waals surface area contributed by atoms with E-state index in [1.54, 1.807) is 66.7 Å². The van der Waals surface area contributed by atoms with Crippen LogP contribution in [0.3, 0.4) is 0 Å². The Labute approximate surface area is 188 Å². The minimum atomic E-state index is -4.00. The highest BCUT2D eigenvalue weighted by molar-refractivity contribution is 7.92. The van der Waals surface area contributed by atoms with Crippen LogP contribution in [0, 0.1) is 0 Å². The summed E-state index contributed by atoms with van der Waals surface area (Å²) in [5.74, 6) is 0.717. The Morgan fingerprint density at radius 1 is 0.844 bits per heavy atom. The van der Waals surface area contributed by atoms with Crippen LogP contribution in [0.4, 0.5) is 11.4 Å². The van der Waals surface area contributed by atoms with Crippen LogP contribution in [-0.4, -0.2) is 34.1 Å². The van der Waals surface area contributed by atoms with E-state index in [1.165, 1.54) is 12.1 Å². The van der Waals surface area contributed by atoms with E-state index in [0.29, 0.717) is 36.1 Å². The molecule has 3 aromatic carbocycles. The molecular weight excluding hydrogens is 428 g/mol. The molecule has 7 nitrogen and oxygen atoms in total. The maximum Gasteiger partial charge on any atom is 0.264 e. The summed E-state index contributed by atoms with van der Waals surface area (Å²) in [5.41, 5.74) is 0.909. The van der Waals surface area contributed by atoms with E-state index in [0.717, 1.165) is 4.31 Å². The molecule has 3 rings (SSSR count). The second-order valence-electron chi connectivity index (χ2n) is 6.76. The van der Waals surface area contributed by atoms with Crippen LogP contribution >= 0.6 is 0 Å². The van der Waals surface area contributed by atoms with Gasteiger partial charge in [-0.05, 0) is 62.4 Å². The third-order valence-corrected chi connectivity index (χ3v) is 6.27. The van der Waals surface area contributed by atoms with Gasteiger partial charge < -0.3 is 14.8 Å². The topological polar surface area (TPSA) is 84.9 Å². The number of anilines is 2. The van der Waals surface area contributed by atoms with E-state index in [4.69, 9.17) is 9.47 Å². The zero-order valence-electron chi connectivity index (χ0n) is 18.0. The largest absolute Gasteiger partial charge is 0.494 e. The Hall–Kier alpha value is -3.52. The van der Waals surface area contributed by atoms with Gasteiger partial charge in [0.1, 0.15) is 18.0 Å². The summed E-state index contributed by atoms with van der Waals surface area (Å²) in [7, 11) is -4.00. The molecule has 3 aromatic rings. The van der Waals surface area contributed by atoms with Gasteiger partial charge in [-0.15, -0.1) is 0 Å². The monoisotopic (exact) mass is 454 g/mol. The first-order valence-electron chi connectivity index (χ1n) is 10.3. The Kier molecular flexibility index (Phi) is 7.72. The molecular formula is C24H26N2O5S. The molecule has 0 aromatic heterocycles. The van der Waals surface area contributed by atoms with E-state index in [2.05, 4.69) is 5.32 Å². The lowest BCUT2D eigenvalue weighted by Gasteiger charge is -2.24. The summed E-state index contributed by atoms with van der Waals surface area (Å²) in [5, 5.41) is 2.75. The second-order valence-corrected chi connectivity index (χ2v) is 8.62. The molecule has 0 spiro atoms. The Morgan fingerprint density at radius 2 is 1.50 bits per heavy atom. The van der Waals surface area contributed by atoms with E-state index >= 15 is 0 Å². The lowest BCUT2D eigenvalue weighted by atomic mass is 10.3. The smallest absolute Gasteiger partial charge is 0.264 e. The quantitative estimate of drug-likeness (QED) is 0.493. The maximum absolute atomic E-state index is 13.4. The number of benzene rings is 3. The molecule has 0 fully saturated rings. The van der Waals surface area contributed by atoms with Crippen LogP contribution in [0.25, 0.3) is 0 Å². The Bertz CT molecular complexity index is 1130. The van der Waals surface area contributed by atoms with E-state index in [1.807, 2.05) is 13.8 Å². The number of para-hydroxylation sites is 1. The summed E-state index contributed by atoms with van der Waals surface area (Å²) < 4.78 is 38.8. The normalized spacial score (nSPS) is 10.9. The van der Waals surface area contributed by atoms with Gasteiger partial charge in [0.05, 0.1) is 23.8 Å². The van der Waals surface area contributed by atoms with E-state index < -0.39 is 22.5 Å². The fourth-order valence-electron chi connectivity index (χ4n) is 3.07. The van der Waals surface area contributed by atoms with Gasteiger partial charge in [0, 0.05) is 11.8 Å². The molecule has 1 N–H and O–H groups in total. The highest BCUT2D eigenvalue weighted by Gasteiger charge is 2.27. The van der Waals surface area contributed by atoms with Gasteiger partial charge >= 0.3 is 0 Å². The number of nitrogens with one attached hydrogen (secondary N) is 1. The molecule has 0 unspecified atom stereocenters. The molecule has 168 valence electrons. The Morgan fingerprint density at radius 3 is 2.16 bits per heavy atom. The number of nitrogens with zero attached hydrogens (tertiary/aromatic N) is 1. The summed E-state index contributed by atoms with van der Waals surface area (Å²) in [6, 6.07) is 21.6. The zero-order chi connectivity index (χ0) is 23.0. The van der Waals surface area contributed by atoms with Crippen LogP contribution in [-0.2, 0) is 14.8 Å². The third kappa shape index (κ3) is 5.79. The highest BCUT2D eigenvalue weighted by atomic mass is 32.2. The van der Waals surface area contributed by atoms with Crippen molar-refractivity contribution in [3.63, 3.8) is 0 Å². The summed E-state index contributed by atoms with van der Waals surface area (Å²) >= 11 is 0. The van der Waals surface area contributed by atoms with Crippen LogP contribution in [0.15, 0.2) is 83.8 Å². The van der Waals surface area contributed by atoms with E-state index in [-0.39, 0.29) is 4.90 Å². The first kappa shape index (κ1) is 23.1. The molecule has 0 radical (unpaired) electrons. The number of hydrogen-bond acceptors (Lipinski definition) is 5. The van der Waals surface area contributed by atoms with Gasteiger partial charge in [0.15, 0.2) is 0 Å². The summed E-state index contributed by atoms with van der Waals surface area (Å²) in [4.78, 5) is 12.9. The zero-order valence-corrected chi connectivity index (χ0v) is 18.8. The van der Waals surface area contributed by atoms with Gasteiger partial charge in [-0.3, -0.25) is 9.10 Å². The van der Waals surface area contributed by atoms with Crippen molar-refractivity contribution in [2.45, 2.75) is 18.7 Å². The SMILES string of the molecule is CCOc1ccc(S(=O)(=O)N(CC(=O)Nc2cccc(OCC)c2)c2ccccc2)cc1. The highest BCUT2D eigenvalue weighted by Crippen LogP contribution is 2.25. The first-order chi connectivity index (χ1) is 15.4. The van der Waals surface area contributed by atoms with Gasteiger partial charge in [-0.25, -0.2) is 8.42 Å². The number of carbonyl (C=O) groups is 1. The number of sulfonamides is 1. The molecule has 0 aliphatic carbocycles. The maximum atomic E-state index is 13.4. The third-order valence-electron chi connectivity index (χ3n) is 4.48. The predicted molar refractivity (Wildman–Crippen MR) is 125 cm³/mol. The second kappa shape index (κ2) is 10.7. The van der Waals surface area contributed by atoms with Gasteiger partial charge in [-0.1, -0.05) is 24.3 Å². The lowest BCUT2D eigenvalue weighted by molar-refractivity contribution is -0.114. The van der Waals surface area contributed by atoms with Crippen molar-refractivity contribution in [3.8, 4) is 11.5 Å². The molecule has 0 atom stereocenters. The number of hydrogen-bond donors (Lipinski definition) is 1. The van der Waals surface area contributed by atoms with Crippen molar-refractivity contribution in [1.29, 1.82) is 0 Å².